The molecule has 0 aliphatic carbocycles. The van der Waals surface area contributed by atoms with Crippen molar-refractivity contribution in [3.05, 3.63) is 51.7 Å². The molecule has 3 amide bonds. The molecular weight excluding hydrogens is 446 g/mol. The van der Waals surface area contributed by atoms with E-state index in [2.05, 4.69) is 48.3 Å². The standard InChI is InChI=1S/C27H35N3O3S/c1-19(2)17-27(25(31)30(26(32)28-27)13-9-23-4-3-15-34-23)22-7-11-29(12-8-22)18-20-5-6-24-21(16-20)10-14-33-24/h3-6,15-16,19,22H,7-14,17-18H2,1-2H3,(H,28,32)/t27-/m1/s1. The first-order chi connectivity index (χ1) is 16.4. The highest BCUT2D eigenvalue weighted by Crippen LogP contribution is 2.38. The summed E-state index contributed by atoms with van der Waals surface area (Å²) in [5, 5.41) is 5.24. The minimum absolute atomic E-state index is 0.0140. The number of urea groups is 1. The molecule has 1 N–H and O–H groups in total. The van der Waals surface area contributed by atoms with Crippen LogP contribution in [0.3, 0.4) is 0 Å². The maximum absolute atomic E-state index is 13.7. The zero-order valence-corrected chi connectivity index (χ0v) is 21.0. The molecule has 0 radical (unpaired) electrons. The summed E-state index contributed by atoms with van der Waals surface area (Å²) in [6, 6.07) is 10.4. The average molecular weight is 482 g/mol. The smallest absolute Gasteiger partial charge is 0.325 e. The van der Waals surface area contributed by atoms with Crippen LogP contribution in [-0.4, -0.2) is 53.5 Å². The van der Waals surface area contributed by atoms with E-state index in [1.165, 1.54) is 20.9 Å². The van der Waals surface area contributed by atoms with Crippen molar-refractivity contribution < 1.29 is 14.3 Å². The lowest BCUT2D eigenvalue weighted by Gasteiger charge is -2.41. The first-order valence-corrected chi connectivity index (χ1v) is 13.5. The molecule has 2 aromatic rings. The van der Waals surface area contributed by atoms with Gasteiger partial charge in [-0.25, -0.2) is 4.79 Å². The number of rotatable bonds is 8. The molecule has 3 aliphatic rings. The lowest BCUT2D eigenvalue weighted by Crippen LogP contribution is -2.56. The third-order valence-electron chi connectivity index (χ3n) is 7.54. The zero-order chi connectivity index (χ0) is 23.7. The van der Waals surface area contributed by atoms with Gasteiger partial charge >= 0.3 is 6.03 Å². The Morgan fingerprint density at radius 2 is 2.03 bits per heavy atom. The third-order valence-corrected chi connectivity index (χ3v) is 8.47. The summed E-state index contributed by atoms with van der Waals surface area (Å²) in [4.78, 5) is 31.8. The van der Waals surface area contributed by atoms with Crippen molar-refractivity contribution in [2.24, 2.45) is 11.8 Å². The SMILES string of the molecule is CC(C)C[C@]1(C2CCN(Cc3ccc4c(c3)CCO4)CC2)NC(=O)N(CCc2cccs2)C1=O. The third kappa shape index (κ3) is 4.60. The fourth-order valence-electron chi connectivity index (χ4n) is 5.93. The zero-order valence-electron chi connectivity index (χ0n) is 20.2. The van der Waals surface area contributed by atoms with Gasteiger partial charge in [0.2, 0.25) is 0 Å². The van der Waals surface area contributed by atoms with Crippen molar-refractivity contribution in [3.8, 4) is 5.75 Å². The van der Waals surface area contributed by atoms with Crippen LogP contribution in [0.2, 0.25) is 0 Å². The minimum atomic E-state index is -0.766. The lowest BCUT2D eigenvalue weighted by molar-refractivity contribution is -0.134. The summed E-state index contributed by atoms with van der Waals surface area (Å²) >= 11 is 1.67. The van der Waals surface area contributed by atoms with Crippen LogP contribution in [0.5, 0.6) is 5.75 Å². The summed E-state index contributed by atoms with van der Waals surface area (Å²) in [7, 11) is 0. The summed E-state index contributed by atoms with van der Waals surface area (Å²) < 4.78 is 5.64. The van der Waals surface area contributed by atoms with E-state index in [4.69, 9.17) is 4.74 Å². The maximum Gasteiger partial charge on any atom is 0.325 e. The van der Waals surface area contributed by atoms with Crippen molar-refractivity contribution >= 4 is 23.3 Å². The molecule has 3 aliphatic heterocycles. The molecular formula is C27H35N3O3S. The van der Waals surface area contributed by atoms with Gasteiger partial charge in [-0.3, -0.25) is 14.6 Å². The number of likely N-dealkylation sites (tertiary alicyclic amines) is 1. The Morgan fingerprint density at radius 1 is 1.21 bits per heavy atom. The Bertz CT molecular complexity index is 1030. The lowest BCUT2D eigenvalue weighted by atomic mass is 9.73. The first-order valence-electron chi connectivity index (χ1n) is 12.6. The van der Waals surface area contributed by atoms with Gasteiger partial charge in [0.05, 0.1) is 6.61 Å². The quantitative estimate of drug-likeness (QED) is 0.565. The van der Waals surface area contributed by atoms with Crippen LogP contribution < -0.4 is 10.1 Å². The Kier molecular flexibility index (Phi) is 6.67. The Hall–Kier alpha value is -2.38. The van der Waals surface area contributed by atoms with Crippen LogP contribution in [0.4, 0.5) is 4.79 Å². The van der Waals surface area contributed by atoms with Gasteiger partial charge in [-0.2, -0.15) is 0 Å². The largest absolute Gasteiger partial charge is 0.493 e. The molecule has 0 spiro atoms. The number of carbonyl (C=O) groups excluding carboxylic acids is 2. The number of nitrogens with zero attached hydrogens (tertiary/aromatic N) is 2. The molecule has 0 unspecified atom stereocenters. The molecule has 0 bridgehead atoms. The van der Waals surface area contributed by atoms with Crippen LogP contribution in [0.1, 0.15) is 49.1 Å². The molecule has 2 saturated heterocycles. The second-order valence-electron chi connectivity index (χ2n) is 10.4. The Balaban J connectivity index is 1.25. The maximum atomic E-state index is 13.7. The summed E-state index contributed by atoms with van der Waals surface area (Å²) in [6.45, 7) is 8.32. The van der Waals surface area contributed by atoms with Crippen LogP contribution in [-0.2, 0) is 24.2 Å². The molecule has 1 atom stereocenters. The number of thiophene rings is 1. The minimum Gasteiger partial charge on any atom is -0.493 e. The second kappa shape index (κ2) is 9.70. The number of fused-ring (bicyclic) bond motifs is 1. The molecule has 34 heavy (non-hydrogen) atoms. The van der Waals surface area contributed by atoms with E-state index in [1.807, 2.05) is 11.4 Å². The highest BCUT2D eigenvalue weighted by Gasteiger charge is 2.55. The molecule has 7 heteroatoms. The number of amides is 3. The van der Waals surface area contributed by atoms with E-state index in [0.717, 1.165) is 57.7 Å². The van der Waals surface area contributed by atoms with Gasteiger partial charge in [0.1, 0.15) is 11.3 Å². The van der Waals surface area contributed by atoms with Crippen molar-refractivity contribution in [1.29, 1.82) is 0 Å². The normalized spacial score (nSPS) is 23.4. The fourth-order valence-corrected chi connectivity index (χ4v) is 6.63. The van der Waals surface area contributed by atoms with E-state index >= 15 is 0 Å². The van der Waals surface area contributed by atoms with Gasteiger partial charge in [-0.05, 0) is 79.2 Å². The summed E-state index contributed by atoms with van der Waals surface area (Å²) in [5.41, 5.74) is 1.87. The van der Waals surface area contributed by atoms with Gasteiger partial charge < -0.3 is 10.1 Å². The predicted octanol–water partition coefficient (Wildman–Crippen LogP) is 4.47. The van der Waals surface area contributed by atoms with Gasteiger partial charge in [0.25, 0.3) is 5.91 Å². The van der Waals surface area contributed by atoms with Crippen LogP contribution in [0.25, 0.3) is 0 Å². The molecule has 4 heterocycles. The number of hydrogen-bond acceptors (Lipinski definition) is 5. The van der Waals surface area contributed by atoms with Crippen LogP contribution >= 0.6 is 11.3 Å². The average Bonchev–Trinajstić information content (AvgIpc) is 3.54. The number of carbonyl (C=O) groups is 2. The first kappa shape index (κ1) is 23.4. The summed E-state index contributed by atoms with van der Waals surface area (Å²) in [5.74, 6) is 1.51. The fraction of sp³-hybridized carbons (Fsp3) is 0.556. The Morgan fingerprint density at radius 3 is 2.76 bits per heavy atom. The number of ether oxygens (including phenoxy) is 1. The van der Waals surface area contributed by atoms with Gasteiger partial charge in [-0.15, -0.1) is 11.3 Å². The van der Waals surface area contributed by atoms with Crippen LogP contribution in [0, 0.1) is 11.8 Å². The van der Waals surface area contributed by atoms with E-state index < -0.39 is 5.54 Å². The van der Waals surface area contributed by atoms with Crippen LogP contribution in [0.15, 0.2) is 35.7 Å². The number of hydrogen-bond donors (Lipinski definition) is 1. The van der Waals surface area contributed by atoms with E-state index in [-0.39, 0.29) is 17.9 Å². The second-order valence-corrected chi connectivity index (χ2v) is 11.4. The van der Waals surface area contributed by atoms with Crippen molar-refractivity contribution in [1.82, 2.24) is 15.1 Å². The monoisotopic (exact) mass is 481 g/mol. The van der Waals surface area contributed by atoms with E-state index in [1.54, 1.807) is 11.3 Å². The van der Waals surface area contributed by atoms with Gasteiger partial charge in [0.15, 0.2) is 0 Å². The molecule has 1 aromatic heterocycles. The van der Waals surface area contributed by atoms with Gasteiger partial charge in [-0.1, -0.05) is 32.0 Å². The molecule has 2 fully saturated rings. The van der Waals surface area contributed by atoms with E-state index in [0.29, 0.717) is 18.9 Å². The van der Waals surface area contributed by atoms with Gasteiger partial charge in [0, 0.05) is 24.4 Å². The highest BCUT2D eigenvalue weighted by atomic mass is 32.1. The topological polar surface area (TPSA) is 61.9 Å². The molecule has 182 valence electrons. The highest BCUT2D eigenvalue weighted by molar-refractivity contribution is 7.09. The number of imide groups is 1. The predicted molar refractivity (Wildman–Crippen MR) is 134 cm³/mol. The van der Waals surface area contributed by atoms with Crippen molar-refractivity contribution in [2.45, 2.75) is 58.0 Å². The van der Waals surface area contributed by atoms with Crippen molar-refractivity contribution in [2.75, 3.05) is 26.2 Å². The molecule has 1 aromatic carbocycles. The molecule has 5 rings (SSSR count). The number of benzene rings is 1. The molecule has 0 saturated carbocycles. The molecule has 6 nitrogen and oxygen atoms in total. The van der Waals surface area contributed by atoms with Crippen molar-refractivity contribution in [3.63, 3.8) is 0 Å². The number of piperidine rings is 1. The number of nitrogens with one attached hydrogen (secondary N) is 1. The van der Waals surface area contributed by atoms with E-state index in [9.17, 15) is 9.59 Å². The Labute approximate surface area is 206 Å². The summed E-state index contributed by atoms with van der Waals surface area (Å²) in [6.07, 6.45) is 4.26.